The third-order valence-corrected chi connectivity index (χ3v) is 4.45. The molecule has 1 heterocycles. The SMILES string of the molecule is Clc1cccc(CN=C2CCCCCNCNc3ccccc3N2)c1. The van der Waals surface area contributed by atoms with E-state index in [1.165, 1.54) is 12.8 Å². The summed E-state index contributed by atoms with van der Waals surface area (Å²) in [4.78, 5) is 4.82. The van der Waals surface area contributed by atoms with Gasteiger partial charge in [0.25, 0.3) is 0 Å². The molecule has 0 unspecified atom stereocenters. The third kappa shape index (κ3) is 5.76. The van der Waals surface area contributed by atoms with Gasteiger partial charge in [-0.1, -0.05) is 42.3 Å². The fourth-order valence-electron chi connectivity index (χ4n) is 2.87. The molecule has 4 nitrogen and oxygen atoms in total. The van der Waals surface area contributed by atoms with Crippen molar-refractivity contribution >= 4 is 28.8 Å². The number of nitrogens with one attached hydrogen (secondary N) is 3. The average Bonchev–Trinajstić information content (AvgIpc) is 2.61. The molecule has 0 aromatic heterocycles. The van der Waals surface area contributed by atoms with E-state index in [2.05, 4.69) is 34.1 Å². The summed E-state index contributed by atoms with van der Waals surface area (Å²) in [7, 11) is 0. The van der Waals surface area contributed by atoms with E-state index in [-0.39, 0.29) is 0 Å². The number of nitrogens with zero attached hydrogens (tertiary/aromatic N) is 1. The Morgan fingerprint density at radius 2 is 1.84 bits per heavy atom. The van der Waals surface area contributed by atoms with Crippen molar-refractivity contribution in [1.82, 2.24) is 5.32 Å². The number of hydrogen-bond acceptors (Lipinski definition) is 3. The molecule has 132 valence electrons. The molecule has 0 radical (unpaired) electrons. The summed E-state index contributed by atoms with van der Waals surface area (Å²) in [5, 5.41) is 11.1. The molecule has 1 aliphatic heterocycles. The van der Waals surface area contributed by atoms with Crippen molar-refractivity contribution in [2.24, 2.45) is 4.99 Å². The lowest BCUT2D eigenvalue weighted by Crippen LogP contribution is -2.24. The first-order chi connectivity index (χ1) is 12.3. The number of rotatable bonds is 2. The molecule has 0 fully saturated rings. The van der Waals surface area contributed by atoms with Crippen LogP contribution in [0, 0.1) is 0 Å². The molecule has 25 heavy (non-hydrogen) atoms. The van der Waals surface area contributed by atoms with Crippen molar-refractivity contribution in [3.8, 4) is 0 Å². The van der Waals surface area contributed by atoms with Gasteiger partial charge in [-0.3, -0.25) is 4.99 Å². The van der Waals surface area contributed by atoms with Crippen LogP contribution in [0.2, 0.25) is 5.02 Å². The average molecular weight is 357 g/mol. The second kappa shape index (κ2) is 9.44. The molecule has 0 saturated carbocycles. The largest absolute Gasteiger partial charge is 0.371 e. The molecule has 0 saturated heterocycles. The summed E-state index contributed by atoms with van der Waals surface area (Å²) in [6, 6.07) is 16.2. The second-order valence-corrected chi connectivity index (χ2v) is 6.66. The van der Waals surface area contributed by atoms with E-state index in [0.717, 1.165) is 53.9 Å². The normalized spacial score (nSPS) is 17.6. The molecular formula is C20H25ClN4. The zero-order valence-electron chi connectivity index (χ0n) is 14.4. The van der Waals surface area contributed by atoms with Crippen molar-refractivity contribution in [2.45, 2.75) is 32.2 Å². The fraction of sp³-hybridized carbons (Fsp3) is 0.350. The lowest BCUT2D eigenvalue weighted by molar-refractivity contribution is 0.626. The minimum atomic E-state index is 0.639. The van der Waals surface area contributed by atoms with Crippen molar-refractivity contribution in [2.75, 3.05) is 23.8 Å². The summed E-state index contributed by atoms with van der Waals surface area (Å²) in [6.45, 7) is 2.45. The van der Waals surface area contributed by atoms with Crippen LogP contribution in [0.4, 0.5) is 11.4 Å². The van der Waals surface area contributed by atoms with Crippen molar-refractivity contribution < 1.29 is 0 Å². The summed E-state index contributed by atoms with van der Waals surface area (Å²) in [6.07, 6.45) is 4.48. The van der Waals surface area contributed by atoms with Gasteiger partial charge in [-0.15, -0.1) is 0 Å². The van der Waals surface area contributed by atoms with Crippen LogP contribution in [0.1, 0.15) is 31.2 Å². The number of amidine groups is 1. The second-order valence-electron chi connectivity index (χ2n) is 6.23. The maximum Gasteiger partial charge on any atom is 0.101 e. The quantitative estimate of drug-likeness (QED) is 0.718. The number of fused-ring (bicyclic) bond motifs is 1. The molecular weight excluding hydrogens is 332 g/mol. The van der Waals surface area contributed by atoms with Gasteiger partial charge in [0.05, 0.1) is 24.6 Å². The van der Waals surface area contributed by atoms with E-state index >= 15 is 0 Å². The first-order valence-corrected chi connectivity index (χ1v) is 9.27. The Morgan fingerprint density at radius 3 is 2.72 bits per heavy atom. The maximum atomic E-state index is 6.08. The zero-order valence-corrected chi connectivity index (χ0v) is 15.1. The number of aliphatic imine (C=N–C) groups is 1. The first-order valence-electron chi connectivity index (χ1n) is 8.90. The molecule has 0 bridgehead atoms. The van der Waals surface area contributed by atoms with E-state index < -0.39 is 0 Å². The van der Waals surface area contributed by atoms with Crippen LogP contribution in [-0.2, 0) is 6.54 Å². The van der Waals surface area contributed by atoms with Crippen LogP contribution < -0.4 is 16.0 Å². The molecule has 1 aliphatic rings. The summed E-state index contributed by atoms with van der Waals surface area (Å²) < 4.78 is 0. The Hall–Kier alpha value is -2.04. The van der Waals surface area contributed by atoms with Gasteiger partial charge in [0.15, 0.2) is 0 Å². The molecule has 0 amide bonds. The minimum Gasteiger partial charge on any atom is -0.371 e. The number of hydrogen-bond donors (Lipinski definition) is 3. The van der Waals surface area contributed by atoms with E-state index in [9.17, 15) is 0 Å². The van der Waals surface area contributed by atoms with Gasteiger partial charge in [-0.2, -0.15) is 0 Å². The van der Waals surface area contributed by atoms with Crippen molar-refractivity contribution in [1.29, 1.82) is 0 Å². The standard InChI is InChI=1S/C20H25ClN4/c21-17-8-6-7-16(13-17)14-23-20-11-2-1-5-12-22-15-24-18-9-3-4-10-19(18)25-20/h3-4,6-10,13,22,24H,1-2,5,11-12,14-15H2,(H,23,25). The maximum absolute atomic E-state index is 6.08. The van der Waals surface area contributed by atoms with Gasteiger partial charge in [0.1, 0.15) is 5.84 Å². The van der Waals surface area contributed by atoms with Crippen molar-refractivity contribution in [3.05, 3.63) is 59.1 Å². The van der Waals surface area contributed by atoms with Gasteiger partial charge in [-0.05, 0) is 49.2 Å². The Morgan fingerprint density at radius 1 is 0.960 bits per heavy atom. The molecule has 0 aliphatic carbocycles. The van der Waals surface area contributed by atoms with Crippen LogP contribution in [0.25, 0.3) is 0 Å². The monoisotopic (exact) mass is 356 g/mol. The van der Waals surface area contributed by atoms with Crippen LogP contribution in [0.3, 0.4) is 0 Å². The highest BCUT2D eigenvalue weighted by molar-refractivity contribution is 6.30. The van der Waals surface area contributed by atoms with Gasteiger partial charge < -0.3 is 16.0 Å². The molecule has 2 aromatic rings. The Balaban J connectivity index is 1.77. The van der Waals surface area contributed by atoms with Crippen LogP contribution in [-0.4, -0.2) is 19.0 Å². The first kappa shape index (κ1) is 17.8. The predicted molar refractivity (Wildman–Crippen MR) is 108 cm³/mol. The smallest absolute Gasteiger partial charge is 0.101 e. The Bertz CT molecular complexity index is 714. The van der Waals surface area contributed by atoms with Crippen LogP contribution in [0.5, 0.6) is 0 Å². The highest BCUT2D eigenvalue weighted by Crippen LogP contribution is 2.22. The molecule has 3 N–H and O–H groups in total. The highest BCUT2D eigenvalue weighted by atomic mass is 35.5. The molecule has 5 heteroatoms. The van der Waals surface area contributed by atoms with E-state index in [4.69, 9.17) is 16.6 Å². The Kier molecular flexibility index (Phi) is 6.71. The summed E-state index contributed by atoms with van der Waals surface area (Å²) in [5.74, 6) is 1.03. The summed E-state index contributed by atoms with van der Waals surface area (Å²) >= 11 is 6.08. The number of anilines is 2. The van der Waals surface area contributed by atoms with Gasteiger partial charge in [-0.25, -0.2) is 0 Å². The van der Waals surface area contributed by atoms with Crippen LogP contribution in [0.15, 0.2) is 53.5 Å². The fourth-order valence-corrected chi connectivity index (χ4v) is 3.08. The van der Waals surface area contributed by atoms with E-state index in [1.54, 1.807) is 0 Å². The molecule has 0 atom stereocenters. The predicted octanol–water partition coefficient (Wildman–Crippen LogP) is 4.88. The van der Waals surface area contributed by atoms with Gasteiger partial charge in [0, 0.05) is 11.4 Å². The summed E-state index contributed by atoms with van der Waals surface area (Å²) in [5.41, 5.74) is 3.28. The third-order valence-electron chi connectivity index (χ3n) is 4.22. The minimum absolute atomic E-state index is 0.639. The lowest BCUT2D eigenvalue weighted by atomic mass is 10.1. The zero-order chi connectivity index (χ0) is 17.3. The molecule has 2 aromatic carbocycles. The van der Waals surface area contributed by atoms with Gasteiger partial charge >= 0.3 is 0 Å². The van der Waals surface area contributed by atoms with Gasteiger partial charge in [0.2, 0.25) is 0 Å². The highest BCUT2D eigenvalue weighted by Gasteiger charge is 2.07. The molecule has 3 rings (SSSR count). The molecule has 0 spiro atoms. The Labute approximate surface area is 154 Å². The van der Waals surface area contributed by atoms with E-state index in [0.29, 0.717) is 6.54 Å². The van der Waals surface area contributed by atoms with E-state index in [1.807, 2.05) is 30.3 Å². The number of halogens is 1. The number of benzene rings is 2. The topological polar surface area (TPSA) is 48.5 Å². The van der Waals surface area contributed by atoms with Crippen LogP contribution >= 0.6 is 11.6 Å². The number of para-hydroxylation sites is 2. The lowest BCUT2D eigenvalue weighted by Gasteiger charge is -2.17. The van der Waals surface area contributed by atoms with Crippen molar-refractivity contribution in [3.63, 3.8) is 0 Å².